The van der Waals surface area contributed by atoms with Crippen molar-refractivity contribution in [2.45, 2.75) is 0 Å². The summed E-state index contributed by atoms with van der Waals surface area (Å²) in [7, 11) is 0. The molecule has 0 atom stereocenters. The van der Waals surface area contributed by atoms with E-state index in [1.165, 1.54) is 0 Å². The molecule has 62 heavy (non-hydrogen) atoms. The molecule has 0 amide bonds. The number of hydrogen-bond donors (Lipinski definition) is 0. The molecule has 0 aliphatic rings. The molecule has 0 saturated heterocycles. The van der Waals surface area contributed by atoms with Gasteiger partial charge in [-0.25, -0.2) is 19.9 Å². The van der Waals surface area contributed by atoms with Crippen molar-refractivity contribution >= 4 is 49.3 Å². The van der Waals surface area contributed by atoms with E-state index in [9.17, 15) is 4.79 Å². The van der Waals surface area contributed by atoms with Crippen LogP contribution in [0.4, 0.5) is 0 Å². The van der Waals surface area contributed by atoms with Gasteiger partial charge in [-0.1, -0.05) is 158 Å². The molecule has 0 aliphatic heterocycles. The monoisotopic (exact) mass is 795 g/mol. The molecule has 0 bridgehead atoms. The molecular formula is C55H33N5O2. The number of para-hydroxylation sites is 1. The third-order valence-electron chi connectivity index (χ3n) is 11.6. The molecule has 12 rings (SSSR count). The molecule has 12 aromatic rings. The van der Waals surface area contributed by atoms with Gasteiger partial charge in [0.2, 0.25) is 0 Å². The maximum atomic E-state index is 14.6. The molecule has 0 saturated carbocycles. The van der Waals surface area contributed by atoms with Crippen molar-refractivity contribution in [3.8, 4) is 67.7 Å². The highest BCUT2D eigenvalue weighted by Crippen LogP contribution is 2.43. The number of aromatic nitrogens is 5. The van der Waals surface area contributed by atoms with Gasteiger partial charge in [0.25, 0.3) is 5.56 Å². The standard InChI is InChI=1S/C55H33N5O2/c61-55-41-24-13-14-26-45(41)56-54-40-30-28-38(32-43(40)48(34-16-5-1-6-17-34)50(60(54)55)35-18-7-2-8-19-35)39-29-31-46-44(33-39)49-42(25-15-27-47(49)62-46)53-58-51(36-20-9-3-10-21-36)57-52(59-53)37-22-11-4-12-23-37/h1-33H. The number of hydrogen-bond acceptors (Lipinski definition) is 6. The van der Waals surface area contributed by atoms with E-state index in [4.69, 9.17) is 24.4 Å². The zero-order valence-corrected chi connectivity index (χ0v) is 33.1. The van der Waals surface area contributed by atoms with Crippen molar-refractivity contribution in [3.63, 3.8) is 0 Å². The third-order valence-corrected chi connectivity index (χ3v) is 11.6. The van der Waals surface area contributed by atoms with Crippen LogP contribution in [0.25, 0.3) is 117 Å². The van der Waals surface area contributed by atoms with E-state index in [0.717, 1.165) is 82.9 Å². The van der Waals surface area contributed by atoms with E-state index in [2.05, 4.69) is 60.7 Å². The second kappa shape index (κ2) is 14.3. The quantitative estimate of drug-likeness (QED) is 0.123. The van der Waals surface area contributed by atoms with Crippen LogP contribution in [0.3, 0.4) is 0 Å². The van der Waals surface area contributed by atoms with E-state index >= 15 is 0 Å². The summed E-state index contributed by atoms with van der Waals surface area (Å²) in [6, 6.07) is 66.9. The molecule has 0 fully saturated rings. The van der Waals surface area contributed by atoms with Crippen LogP contribution in [0.15, 0.2) is 209 Å². The van der Waals surface area contributed by atoms with Crippen LogP contribution in [0, 0.1) is 0 Å². The molecular weight excluding hydrogens is 763 g/mol. The molecule has 290 valence electrons. The van der Waals surface area contributed by atoms with Crippen molar-refractivity contribution in [1.82, 2.24) is 24.3 Å². The SMILES string of the molecule is O=c1c2ccccc2nc2c3ccc(-c4ccc5oc6cccc(-c7nc(-c8ccccc8)nc(-c8ccccc8)n7)c6c5c4)cc3c(-c3ccccc3)c(-c3ccccc3)n12. The first-order valence-corrected chi connectivity index (χ1v) is 20.5. The lowest BCUT2D eigenvalue weighted by atomic mass is 9.91. The Morgan fingerprint density at radius 2 is 0.952 bits per heavy atom. The Bertz CT molecular complexity index is 3700. The Balaban J connectivity index is 1.11. The minimum absolute atomic E-state index is 0.106. The lowest BCUT2D eigenvalue weighted by molar-refractivity contribution is 0.669. The van der Waals surface area contributed by atoms with E-state index in [1.807, 2.05) is 140 Å². The second-order valence-electron chi connectivity index (χ2n) is 15.3. The first kappa shape index (κ1) is 35.4. The Kier molecular flexibility index (Phi) is 8.18. The number of benzene rings is 8. The number of furan rings is 1. The molecule has 4 heterocycles. The highest BCUT2D eigenvalue weighted by atomic mass is 16.3. The number of nitrogens with zero attached hydrogens (tertiary/aromatic N) is 5. The van der Waals surface area contributed by atoms with Crippen molar-refractivity contribution in [2.75, 3.05) is 0 Å². The normalized spacial score (nSPS) is 11.6. The van der Waals surface area contributed by atoms with E-state index in [1.54, 1.807) is 4.40 Å². The minimum Gasteiger partial charge on any atom is -0.456 e. The van der Waals surface area contributed by atoms with E-state index in [-0.39, 0.29) is 5.56 Å². The van der Waals surface area contributed by atoms with Gasteiger partial charge in [0.1, 0.15) is 16.8 Å². The Morgan fingerprint density at radius 1 is 0.387 bits per heavy atom. The van der Waals surface area contributed by atoms with Gasteiger partial charge in [-0.15, -0.1) is 0 Å². The lowest BCUT2D eigenvalue weighted by Gasteiger charge is -2.20. The number of rotatable bonds is 6. The predicted octanol–water partition coefficient (Wildman–Crippen LogP) is 13.1. The predicted molar refractivity (Wildman–Crippen MR) is 250 cm³/mol. The highest BCUT2D eigenvalue weighted by Gasteiger charge is 2.23. The van der Waals surface area contributed by atoms with Gasteiger partial charge in [-0.05, 0) is 70.1 Å². The molecule has 0 radical (unpaired) electrons. The fourth-order valence-corrected chi connectivity index (χ4v) is 8.77. The van der Waals surface area contributed by atoms with Gasteiger partial charge >= 0.3 is 0 Å². The second-order valence-corrected chi connectivity index (χ2v) is 15.3. The molecule has 0 N–H and O–H groups in total. The van der Waals surface area contributed by atoms with E-state index in [0.29, 0.717) is 34.0 Å². The van der Waals surface area contributed by atoms with Crippen molar-refractivity contribution in [2.24, 2.45) is 0 Å². The van der Waals surface area contributed by atoms with Crippen LogP contribution in [0.1, 0.15) is 0 Å². The number of pyridine rings is 1. The zero-order chi connectivity index (χ0) is 41.1. The summed E-state index contributed by atoms with van der Waals surface area (Å²) >= 11 is 0. The summed E-state index contributed by atoms with van der Waals surface area (Å²) < 4.78 is 8.34. The largest absolute Gasteiger partial charge is 0.456 e. The molecule has 4 aromatic heterocycles. The van der Waals surface area contributed by atoms with Gasteiger partial charge in [0.05, 0.1) is 16.6 Å². The van der Waals surface area contributed by atoms with Crippen LogP contribution >= 0.6 is 0 Å². The summed E-state index contributed by atoms with van der Waals surface area (Å²) in [5.41, 5.74) is 11.0. The Morgan fingerprint density at radius 3 is 1.63 bits per heavy atom. The van der Waals surface area contributed by atoms with Crippen LogP contribution in [-0.2, 0) is 0 Å². The maximum Gasteiger partial charge on any atom is 0.266 e. The van der Waals surface area contributed by atoms with E-state index < -0.39 is 0 Å². The third kappa shape index (κ3) is 5.79. The van der Waals surface area contributed by atoms with Crippen LogP contribution in [-0.4, -0.2) is 24.3 Å². The molecule has 7 heteroatoms. The molecule has 8 aromatic carbocycles. The lowest BCUT2D eigenvalue weighted by Crippen LogP contribution is -2.18. The Hall–Kier alpha value is -8.55. The van der Waals surface area contributed by atoms with Crippen LogP contribution in [0.2, 0.25) is 0 Å². The van der Waals surface area contributed by atoms with Gasteiger partial charge in [0, 0.05) is 38.4 Å². The highest BCUT2D eigenvalue weighted by molar-refractivity contribution is 6.14. The van der Waals surface area contributed by atoms with Gasteiger partial charge in [0.15, 0.2) is 17.5 Å². The van der Waals surface area contributed by atoms with Crippen molar-refractivity contribution in [1.29, 1.82) is 0 Å². The molecule has 0 aliphatic carbocycles. The fourth-order valence-electron chi connectivity index (χ4n) is 8.77. The van der Waals surface area contributed by atoms with Crippen molar-refractivity contribution < 1.29 is 4.42 Å². The molecule has 0 spiro atoms. The van der Waals surface area contributed by atoms with Crippen LogP contribution < -0.4 is 5.56 Å². The minimum atomic E-state index is -0.106. The first-order chi connectivity index (χ1) is 30.7. The average molecular weight is 796 g/mol. The zero-order valence-electron chi connectivity index (χ0n) is 33.1. The summed E-state index contributed by atoms with van der Waals surface area (Å²) in [6.45, 7) is 0. The molecule has 7 nitrogen and oxygen atoms in total. The summed E-state index contributed by atoms with van der Waals surface area (Å²) in [6.07, 6.45) is 0. The van der Waals surface area contributed by atoms with Crippen LogP contribution in [0.5, 0.6) is 0 Å². The number of fused-ring (bicyclic) bond motifs is 7. The van der Waals surface area contributed by atoms with Crippen molar-refractivity contribution in [3.05, 3.63) is 211 Å². The topological polar surface area (TPSA) is 86.2 Å². The van der Waals surface area contributed by atoms with Gasteiger partial charge in [-0.2, -0.15) is 0 Å². The summed E-state index contributed by atoms with van der Waals surface area (Å²) in [5, 5.41) is 4.31. The summed E-state index contributed by atoms with van der Waals surface area (Å²) in [5.74, 6) is 1.75. The van der Waals surface area contributed by atoms with Gasteiger partial charge < -0.3 is 4.42 Å². The Labute approximate surface area is 354 Å². The molecule has 0 unspecified atom stereocenters. The average Bonchev–Trinajstić information content (AvgIpc) is 3.73. The maximum absolute atomic E-state index is 14.6. The summed E-state index contributed by atoms with van der Waals surface area (Å²) in [4.78, 5) is 34.9. The first-order valence-electron chi connectivity index (χ1n) is 20.5. The fraction of sp³-hybridized carbons (Fsp3) is 0. The smallest absolute Gasteiger partial charge is 0.266 e. The van der Waals surface area contributed by atoms with Gasteiger partial charge in [-0.3, -0.25) is 9.20 Å².